The Bertz CT molecular complexity index is 913. The monoisotopic (exact) mass is 480 g/mol. The molecule has 1 heteroatoms. The molecule has 4 rings (SSSR count). The van der Waals surface area contributed by atoms with Crippen molar-refractivity contribution in [3.8, 4) is 22.3 Å². The minimum atomic E-state index is 0.760. The summed E-state index contributed by atoms with van der Waals surface area (Å²) in [4.78, 5) is 0. The van der Waals surface area contributed by atoms with Crippen LogP contribution in [-0.4, -0.2) is 3.92 Å². The first-order valence-electron chi connectivity index (χ1n) is 10.6. The van der Waals surface area contributed by atoms with Gasteiger partial charge in [-0.15, -0.1) is 0 Å². The molecule has 0 atom stereocenters. The zero-order valence-corrected chi connectivity index (χ0v) is 19.1. The summed E-state index contributed by atoms with van der Waals surface area (Å²) in [6, 6.07) is 25.2. The summed E-state index contributed by atoms with van der Waals surface area (Å²) >= 11 is 2.61. The van der Waals surface area contributed by atoms with Crippen molar-refractivity contribution in [2.75, 3.05) is 0 Å². The van der Waals surface area contributed by atoms with E-state index in [2.05, 4.69) is 103 Å². The third kappa shape index (κ3) is 4.35. The first kappa shape index (κ1) is 19.7. The Balaban J connectivity index is 1.53. The molecule has 0 heterocycles. The highest BCUT2D eigenvalue weighted by molar-refractivity contribution is 14.1. The molecule has 0 radical (unpaired) electrons. The molecule has 0 bridgehead atoms. The van der Waals surface area contributed by atoms with Crippen LogP contribution in [0.5, 0.6) is 0 Å². The predicted octanol–water partition coefficient (Wildman–Crippen LogP) is 8.35. The molecule has 3 aromatic rings. The van der Waals surface area contributed by atoms with Crippen molar-refractivity contribution < 1.29 is 0 Å². The second-order valence-corrected chi connectivity index (χ2v) is 9.91. The van der Waals surface area contributed by atoms with E-state index in [0.717, 1.165) is 16.3 Å². The molecule has 1 saturated carbocycles. The largest absolute Gasteiger partial charge is 0.0826 e. The molecule has 28 heavy (non-hydrogen) atoms. The van der Waals surface area contributed by atoms with Gasteiger partial charge in [0.1, 0.15) is 0 Å². The Morgan fingerprint density at radius 1 is 0.750 bits per heavy atom. The SMILES string of the molecule is CCc1ccc(-c2ccc(-c3ccc(C4CCC(I)CC4)cc3)cc2C)cc1. The molecule has 0 aliphatic heterocycles. The van der Waals surface area contributed by atoms with Gasteiger partial charge >= 0.3 is 0 Å². The van der Waals surface area contributed by atoms with Crippen LogP contribution in [0.2, 0.25) is 0 Å². The number of hydrogen-bond acceptors (Lipinski definition) is 0. The molecule has 0 spiro atoms. The minimum Gasteiger partial charge on any atom is -0.0826 e. The average molecular weight is 480 g/mol. The first-order chi connectivity index (χ1) is 13.6. The van der Waals surface area contributed by atoms with E-state index in [1.54, 1.807) is 0 Å². The molecular weight excluding hydrogens is 451 g/mol. The van der Waals surface area contributed by atoms with Gasteiger partial charge in [0.05, 0.1) is 0 Å². The molecule has 1 aliphatic rings. The van der Waals surface area contributed by atoms with Gasteiger partial charge in [0.15, 0.2) is 0 Å². The number of rotatable bonds is 4. The normalized spacial score (nSPS) is 19.5. The molecular formula is C27H29I. The van der Waals surface area contributed by atoms with Gasteiger partial charge < -0.3 is 0 Å². The highest BCUT2D eigenvalue weighted by Gasteiger charge is 2.20. The second-order valence-electron chi connectivity index (χ2n) is 8.15. The van der Waals surface area contributed by atoms with Crippen LogP contribution in [0.3, 0.4) is 0 Å². The standard InChI is InChI=1S/C27H29I/c1-3-20-4-6-24(7-5-20)27-17-14-25(18-19(27)2)23-10-8-21(9-11-23)22-12-15-26(28)16-13-22/h4-11,14,17-18,22,26H,3,12-13,15-16H2,1-2H3. The van der Waals surface area contributed by atoms with Crippen LogP contribution in [-0.2, 0) is 6.42 Å². The predicted molar refractivity (Wildman–Crippen MR) is 130 cm³/mol. The Hall–Kier alpha value is -1.61. The third-order valence-electron chi connectivity index (χ3n) is 6.27. The van der Waals surface area contributed by atoms with Crippen molar-refractivity contribution in [3.63, 3.8) is 0 Å². The van der Waals surface area contributed by atoms with Crippen LogP contribution in [0.15, 0.2) is 66.7 Å². The van der Waals surface area contributed by atoms with Gasteiger partial charge in [-0.1, -0.05) is 96.2 Å². The summed E-state index contributed by atoms with van der Waals surface area (Å²) in [7, 11) is 0. The van der Waals surface area contributed by atoms with Gasteiger partial charge in [0.2, 0.25) is 0 Å². The first-order valence-corrected chi connectivity index (χ1v) is 11.8. The highest BCUT2D eigenvalue weighted by atomic mass is 127. The van der Waals surface area contributed by atoms with E-state index in [1.807, 2.05) is 0 Å². The maximum absolute atomic E-state index is 2.61. The average Bonchev–Trinajstić information content (AvgIpc) is 2.74. The Kier molecular flexibility index (Phi) is 6.20. The quantitative estimate of drug-likeness (QED) is 0.260. The van der Waals surface area contributed by atoms with Crippen molar-refractivity contribution in [1.82, 2.24) is 0 Å². The Labute approximate surface area is 183 Å². The topological polar surface area (TPSA) is 0 Å². The summed E-state index contributed by atoms with van der Waals surface area (Å²) in [6.45, 7) is 4.43. The fourth-order valence-electron chi connectivity index (χ4n) is 4.42. The Morgan fingerprint density at radius 2 is 1.36 bits per heavy atom. The third-order valence-corrected chi connectivity index (χ3v) is 7.52. The summed E-state index contributed by atoms with van der Waals surface area (Å²) in [5.74, 6) is 0.760. The van der Waals surface area contributed by atoms with E-state index in [1.165, 1.54) is 64.6 Å². The van der Waals surface area contributed by atoms with E-state index in [-0.39, 0.29) is 0 Å². The second kappa shape index (κ2) is 8.82. The van der Waals surface area contributed by atoms with Gasteiger partial charge in [-0.25, -0.2) is 0 Å². The van der Waals surface area contributed by atoms with Gasteiger partial charge in [0, 0.05) is 3.92 Å². The summed E-state index contributed by atoms with van der Waals surface area (Å²) in [5, 5.41) is 0. The molecule has 3 aromatic carbocycles. The minimum absolute atomic E-state index is 0.760. The van der Waals surface area contributed by atoms with Gasteiger partial charge in [-0.2, -0.15) is 0 Å². The van der Waals surface area contributed by atoms with Crippen molar-refractivity contribution in [3.05, 3.63) is 83.4 Å². The zero-order valence-electron chi connectivity index (χ0n) is 16.9. The maximum atomic E-state index is 2.61. The lowest BCUT2D eigenvalue weighted by atomic mass is 9.83. The lowest BCUT2D eigenvalue weighted by Crippen LogP contribution is -2.12. The van der Waals surface area contributed by atoms with E-state index < -0.39 is 0 Å². The molecule has 0 aromatic heterocycles. The summed E-state index contributed by atoms with van der Waals surface area (Å²) < 4.78 is 0.882. The van der Waals surface area contributed by atoms with Crippen LogP contribution in [0.1, 0.15) is 55.2 Å². The molecule has 144 valence electrons. The number of aryl methyl sites for hydroxylation is 2. The summed E-state index contributed by atoms with van der Waals surface area (Å²) in [5.41, 5.74) is 9.53. The van der Waals surface area contributed by atoms with Crippen LogP contribution in [0, 0.1) is 6.92 Å². The van der Waals surface area contributed by atoms with Crippen molar-refractivity contribution in [1.29, 1.82) is 0 Å². The molecule has 1 fully saturated rings. The van der Waals surface area contributed by atoms with E-state index >= 15 is 0 Å². The Morgan fingerprint density at radius 3 is 1.96 bits per heavy atom. The van der Waals surface area contributed by atoms with Crippen molar-refractivity contribution in [2.45, 2.75) is 55.8 Å². The van der Waals surface area contributed by atoms with Crippen molar-refractivity contribution in [2.24, 2.45) is 0 Å². The molecule has 0 N–H and O–H groups in total. The van der Waals surface area contributed by atoms with Crippen LogP contribution < -0.4 is 0 Å². The fraction of sp³-hybridized carbons (Fsp3) is 0.333. The van der Waals surface area contributed by atoms with Gasteiger partial charge in [0.25, 0.3) is 0 Å². The van der Waals surface area contributed by atoms with Gasteiger partial charge in [-0.05, 0) is 83.9 Å². The van der Waals surface area contributed by atoms with E-state index in [0.29, 0.717) is 0 Å². The van der Waals surface area contributed by atoms with E-state index in [9.17, 15) is 0 Å². The fourth-order valence-corrected chi connectivity index (χ4v) is 5.14. The number of benzene rings is 3. The van der Waals surface area contributed by atoms with E-state index in [4.69, 9.17) is 0 Å². The molecule has 0 saturated heterocycles. The lowest BCUT2D eigenvalue weighted by Gasteiger charge is -2.25. The number of hydrogen-bond donors (Lipinski definition) is 0. The molecule has 0 nitrogen and oxygen atoms in total. The number of alkyl halides is 1. The molecule has 0 amide bonds. The maximum Gasteiger partial charge on any atom is 0.0110 e. The smallest absolute Gasteiger partial charge is 0.0110 e. The van der Waals surface area contributed by atoms with Crippen LogP contribution in [0.4, 0.5) is 0 Å². The van der Waals surface area contributed by atoms with Crippen molar-refractivity contribution >= 4 is 22.6 Å². The van der Waals surface area contributed by atoms with Crippen LogP contribution in [0.25, 0.3) is 22.3 Å². The lowest BCUT2D eigenvalue weighted by molar-refractivity contribution is 0.462. The number of halogens is 1. The summed E-state index contributed by atoms with van der Waals surface area (Å²) in [6.07, 6.45) is 6.52. The van der Waals surface area contributed by atoms with Crippen LogP contribution >= 0.6 is 22.6 Å². The molecule has 1 aliphatic carbocycles. The molecule has 0 unspecified atom stereocenters. The van der Waals surface area contributed by atoms with Gasteiger partial charge in [-0.3, -0.25) is 0 Å². The zero-order chi connectivity index (χ0) is 19.5. The highest BCUT2D eigenvalue weighted by Crippen LogP contribution is 2.36.